The lowest BCUT2D eigenvalue weighted by atomic mass is 9.86. The molecule has 1 spiro atoms. The number of fused-ring (bicyclic) bond motifs is 3. The number of hydrogen-bond acceptors (Lipinski definition) is 6. The molecular formula is C27H28F4N4O4. The third-order valence-electron chi connectivity index (χ3n) is 7.93. The Morgan fingerprint density at radius 1 is 1.21 bits per heavy atom. The standard InChI is InChI=1S/C27H28F4N4O4/c28-19-14-33-24-23(18-13-26(37-10-11-38-26)7-1-2-21(18)34-24)22(19)15-5-8-35(9-6-15)25(36)17-4-3-16(12-20(17)32)39-27(29,30)31/h3-4,12,14-15H,1-2,5-11,13,32H2,(H,33,34). The van der Waals surface area contributed by atoms with Gasteiger partial charge >= 0.3 is 6.36 Å². The molecule has 2 aliphatic heterocycles. The molecule has 3 aromatic rings. The van der Waals surface area contributed by atoms with Gasteiger partial charge < -0.3 is 29.8 Å². The Kier molecular flexibility index (Phi) is 6.41. The number of halogens is 4. The second-order valence-electron chi connectivity index (χ2n) is 10.3. The molecule has 8 nitrogen and oxygen atoms in total. The van der Waals surface area contributed by atoms with Gasteiger partial charge in [-0.15, -0.1) is 13.2 Å². The minimum Gasteiger partial charge on any atom is -0.406 e. The Morgan fingerprint density at radius 2 is 1.95 bits per heavy atom. The molecule has 2 aromatic heterocycles. The zero-order valence-corrected chi connectivity index (χ0v) is 21.1. The van der Waals surface area contributed by atoms with Crippen LogP contribution in [0.4, 0.5) is 23.2 Å². The molecule has 0 bridgehead atoms. The van der Waals surface area contributed by atoms with Gasteiger partial charge in [-0.05, 0) is 49.3 Å². The highest BCUT2D eigenvalue weighted by molar-refractivity contribution is 5.99. The number of piperidine rings is 1. The maximum Gasteiger partial charge on any atom is 0.573 e. The molecule has 3 aliphatic rings. The van der Waals surface area contributed by atoms with E-state index < -0.39 is 23.8 Å². The van der Waals surface area contributed by atoms with Crippen molar-refractivity contribution in [1.82, 2.24) is 14.9 Å². The predicted octanol–water partition coefficient (Wildman–Crippen LogP) is 4.82. The molecule has 1 aliphatic carbocycles. The van der Waals surface area contributed by atoms with Crippen molar-refractivity contribution in [3.8, 4) is 5.75 Å². The van der Waals surface area contributed by atoms with E-state index in [1.54, 1.807) is 4.90 Å². The number of anilines is 1. The van der Waals surface area contributed by atoms with Gasteiger partial charge in [0.1, 0.15) is 17.2 Å². The Bertz CT molecular complexity index is 1410. The fraction of sp³-hybridized carbons (Fsp3) is 0.481. The lowest BCUT2D eigenvalue weighted by Crippen LogP contribution is -2.38. The van der Waals surface area contributed by atoms with Gasteiger partial charge in [0.05, 0.1) is 25.0 Å². The highest BCUT2D eigenvalue weighted by atomic mass is 19.4. The number of likely N-dealkylation sites (tertiary alicyclic amines) is 1. The van der Waals surface area contributed by atoms with Crippen LogP contribution >= 0.6 is 0 Å². The number of nitrogens with two attached hydrogens (primary N) is 1. The number of amides is 1. The van der Waals surface area contributed by atoms with Crippen molar-refractivity contribution in [3.63, 3.8) is 0 Å². The lowest BCUT2D eigenvalue weighted by Gasteiger charge is -2.33. The predicted molar refractivity (Wildman–Crippen MR) is 133 cm³/mol. The number of pyridine rings is 1. The molecule has 4 heterocycles. The molecule has 1 amide bonds. The third kappa shape index (κ3) is 4.91. The van der Waals surface area contributed by atoms with Crippen LogP contribution in [0.15, 0.2) is 24.4 Å². The molecule has 0 radical (unpaired) electrons. The number of nitrogens with one attached hydrogen (secondary N) is 1. The summed E-state index contributed by atoms with van der Waals surface area (Å²) in [6, 6.07) is 3.28. The molecule has 208 valence electrons. The number of aryl methyl sites for hydroxylation is 1. The molecule has 12 heteroatoms. The topological polar surface area (TPSA) is 103 Å². The monoisotopic (exact) mass is 548 g/mol. The normalized spacial score (nSPS) is 19.8. The number of aromatic nitrogens is 2. The van der Waals surface area contributed by atoms with Crippen LogP contribution < -0.4 is 10.5 Å². The zero-order chi connectivity index (χ0) is 27.4. The summed E-state index contributed by atoms with van der Waals surface area (Å²) in [5.74, 6) is -2.11. The molecule has 3 N–H and O–H groups in total. The number of ether oxygens (including phenoxy) is 3. The third-order valence-corrected chi connectivity index (χ3v) is 7.93. The summed E-state index contributed by atoms with van der Waals surface area (Å²) < 4.78 is 68.9. The number of carbonyl (C=O) groups excluding carboxylic acids is 1. The second-order valence-corrected chi connectivity index (χ2v) is 10.3. The van der Waals surface area contributed by atoms with E-state index in [1.165, 1.54) is 12.3 Å². The number of hydrogen-bond donors (Lipinski definition) is 2. The number of benzene rings is 1. The summed E-state index contributed by atoms with van der Waals surface area (Å²) in [5.41, 5.74) is 9.12. The summed E-state index contributed by atoms with van der Waals surface area (Å²) in [5, 5.41) is 0.777. The Morgan fingerprint density at radius 3 is 2.64 bits per heavy atom. The van der Waals surface area contributed by atoms with Crippen molar-refractivity contribution < 1.29 is 36.6 Å². The first-order chi connectivity index (χ1) is 18.6. The van der Waals surface area contributed by atoms with Crippen molar-refractivity contribution in [3.05, 3.63) is 52.6 Å². The fourth-order valence-electron chi connectivity index (χ4n) is 6.19. The number of carbonyl (C=O) groups is 1. The lowest BCUT2D eigenvalue weighted by molar-refractivity contribution is -0.274. The SMILES string of the molecule is Nc1cc(OC(F)(F)F)ccc1C(=O)N1CCC(c2c(F)cnc3[nH]c4c(c23)CC2(CCC4)OCCO2)CC1. The van der Waals surface area contributed by atoms with Crippen LogP contribution in [-0.4, -0.2) is 59.2 Å². The molecule has 0 atom stereocenters. The molecule has 39 heavy (non-hydrogen) atoms. The van der Waals surface area contributed by atoms with Crippen molar-refractivity contribution in [1.29, 1.82) is 0 Å². The van der Waals surface area contributed by atoms with E-state index in [4.69, 9.17) is 15.2 Å². The highest BCUT2D eigenvalue weighted by Gasteiger charge is 2.41. The molecule has 0 saturated carbocycles. The second kappa shape index (κ2) is 9.67. The molecule has 1 aromatic carbocycles. The van der Waals surface area contributed by atoms with Gasteiger partial charge in [-0.2, -0.15) is 0 Å². The van der Waals surface area contributed by atoms with E-state index in [1.807, 2.05) is 0 Å². The first kappa shape index (κ1) is 25.9. The number of rotatable bonds is 3. The van der Waals surface area contributed by atoms with E-state index in [0.29, 0.717) is 56.8 Å². The van der Waals surface area contributed by atoms with Crippen LogP contribution in [0, 0.1) is 5.82 Å². The van der Waals surface area contributed by atoms with Gasteiger partial charge in [0.25, 0.3) is 5.91 Å². The Hall–Kier alpha value is -3.38. The maximum atomic E-state index is 15.4. The van der Waals surface area contributed by atoms with Crippen molar-refractivity contribution in [2.45, 2.75) is 56.6 Å². The van der Waals surface area contributed by atoms with Crippen molar-refractivity contribution >= 4 is 22.6 Å². The van der Waals surface area contributed by atoms with Gasteiger partial charge in [0.15, 0.2) is 5.79 Å². The summed E-state index contributed by atoms with van der Waals surface area (Å²) in [4.78, 5) is 22.5. The quantitative estimate of drug-likeness (QED) is 0.359. The molecule has 2 fully saturated rings. The summed E-state index contributed by atoms with van der Waals surface area (Å²) in [6.07, 6.45) is 0.363. The van der Waals surface area contributed by atoms with Crippen molar-refractivity contribution in [2.24, 2.45) is 0 Å². The maximum absolute atomic E-state index is 15.4. The average Bonchev–Trinajstić information content (AvgIpc) is 3.43. The first-order valence-electron chi connectivity index (χ1n) is 13.0. The van der Waals surface area contributed by atoms with E-state index in [0.717, 1.165) is 48.0 Å². The molecule has 2 saturated heterocycles. The van der Waals surface area contributed by atoms with E-state index in [9.17, 15) is 18.0 Å². The van der Waals surface area contributed by atoms with Crippen LogP contribution in [0.2, 0.25) is 0 Å². The molecule has 0 unspecified atom stereocenters. The van der Waals surface area contributed by atoms with Crippen LogP contribution in [0.3, 0.4) is 0 Å². The fourth-order valence-corrected chi connectivity index (χ4v) is 6.19. The number of nitrogen functional groups attached to an aromatic ring is 1. The van der Waals surface area contributed by atoms with Gasteiger partial charge in [-0.1, -0.05) is 0 Å². The largest absolute Gasteiger partial charge is 0.573 e. The smallest absolute Gasteiger partial charge is 0.406 e. The van der Waals surface area contributed by atoms with Crippen molar-refractivity contribution in [2.75, 3.05) is 32.0 Å². The highest BCUT2D eigenvalue weighted by Crippen LogP contribution is 2.42. The number of aromatic amines is 1. The summed E-state index contributed by atoms with van der Waals surface area (Å²) >= 11 is 0. The van der Waals surface area contributed by atoms with Crippen LogP contribution in [0.5, 0.6) is 5.75 Å². The summed E-state index contributed by atoms with van der Waals surface area (Å²) in [6.45, 7) is 1.75. The number of alkyl halides is 3. The minimum atomic E-state index is -4.86. The van der Waals surface area contributed by atoms with E-state index in [2.05, 4.69) is 14.7 Å². The van der Waals surface area contributed by atoms with Crippen LogP contribution in [-0.2, 0) is 22.3 Å². The average molecular weight is 549 g/mol. The van der Waals surface area contributed by atoms with Gasteiger partial charge in [0.2, 0.25) is 0 Å². The number of H-pyrrole nitrogens is 1. The molecular weight excluding hydrogens is 520 g/mol. The van der Waals surface area contributed by atoms with Crippen LogP contribution in [0.1, 0.15) is 58.8 Å². The first-order valence-corrected chi connectivity index (χ1v) is 13.0. The van der Waals surface area contributed by atoms with Gasteiger partial charge in [0, 0.05) is 54.3 Å². The van der Waals surface area contributed by atoms with Crippen LogP contribution in [0.25, 0.3) is 11.0 Å². The Labute approximate surface area is 221 Å². The van der Waals surface area contributed by atoms with E-state index in [-0.39, 0.29) is 23.0 Å². The Balaban J connectivity index is 1.23. The van der Waals surface area contributed by atoms with E-state index >= 15 is 4.39 Å². The van der Waals surface area contributed by atoms with Gasteiger partial charge in [-0.3, -0.25) is 4.79 Å². The molecule has 6 rings (SSSR count). The summed E-state index contributed by atoms with van der Waals surface area (Å²) in [7, 11) is 0. The zero-order valence-electron chi connectivity index (χ0n) is 21.1. The minimum absolute atomic E-state index is 0.0956. The van der Waals surface area contributed by atoms with Gasteiger partial charge in [-0.25, -0.2) is 9.37 Å². The number of nitrogens with zero attached hydrogens (tertiary/aromatic N) is 2.